The average molecular weight is 477 g/mol. The van der Waals surface area contributed by atoms with Gasteiger partial charge in [-0.1, -0.05) is 0 Å². The van der Waals surface area contributed by atoms with Gasteiger partial charge in [0.15, 0.2) is 0 Å². The molecule has 0 aliphatic rings. The van der Waals surface area contributed by atoms with E-state index in [1.54, 1.807) is 0 Å². The third kappa shape index (κ3) is 11.9. The van der Waals surface area contributed by atoms with Gasteiger partial charge < -0.3 is 7.43 Å². The molecule has 0 aliphatic heterocycles. The molecule has 0 aromatic heterocycles. The Bertz CT molecular complexity index is 243. The maximum absolute atomic E-state index is 4.49. The summed E-state index contributed by atoms with van der Waals surface area (Å²) in [6.45, 7) is 29.6. The van der Waals surface area contributed by atoms with Gasteiger partial charge in [-0.3, -0.25) is 0 Å². The molecule has 0 rings (SSSR count). The monoisotopic (exact) mass is 476 g/mol. The molecule has 0 saturated heterocycles. The van der Waals surface area contributed by atoms with E-state index in [0.717, 1.165) is 0 Å². The summed E-state index contributed by atoms with van der Waals surface area (Å²) in [6.07, 6.45) is 2.97. The number of hydrogen-bond acceptors (Lipinski definition) is 0. The van der Waals surface area contributed by atoms with E-state index in [1.807, 2.05) is 0 Å². The predicted octanol–water partition coefficient (Wildman–Crippen LogP) is 7.75. The van der Waals surface area contributed by atoms with Crippen molar-refractivity contribution < 1.29 is 18.2 Å². The van der Waals surface area contributed by atoms with Crippen LogP contribution in [0.25, 0.3) is 0 Å². The van der Waals surface area contributed by atoms with Crippen LogP contribution in [0.1, 0.15) is 83.1 Å². The van der Waals surface area contributed by atoms with Crippen LogP contribution >= 0.6 is 25.4 Å². The molecule has 0 amide bonds. The quantitative estimate of drug-likeness (QED) is 0.222. The molecule has 0 aromatic carbocycles. The first kappa shape index (κ1) is 29.6. The molecule has 0 fully saturated rings. The third-order valence-corrected chi connectivity index (χ3v) is 13.5. The van der Waals surface area contributed by atoms with Crippen LogP contribution in [0.3, 0.4) is 0 Å². The summed E-state index contributed by atoms with van der Waals surface area (Å²) in [7, 11) is 3.76. The minimum absolute atomic E-state index is 0. The molecule has 0 nitrogen and oxygen atoms in total. The van der Waals surface area contributed by atoms with Gasteiger partial charge in [0, 0.05) is 15.8 Å². The maximum atomic E-state index is 4.49. The van der Waals surface area contributed by atoms with Gasteiger partial charge in [0.25, 0.3) is 0 Å². The van der Waals surface area contributed by atoms with Crippen molar-refractivity contribution >= 4 is 25.4 Å². The SMILES string of the molecule is CC(C)(C)[PH+](CC[PH+](C(C)(C)C)C(C)(C)C)C(C)(C)C.[CH3-].[Cl][Pd+]. The van der Waals surface area contributed by atoms with E-state index in [0.29, 0.717) is 20.6 Å². The molecular weight excluding hydrogens is 432 g/mol. The first-order valence-electron chi connectivity index (χ1n) is 8.33. The van der Waals surface area contributed by atoms with E-state index >= 15 is 0 Å². The van der Waals surface area contributed by atoms with Crippen molar-refractivity contribution in [3.8, 4) is 0 Å². The Hall–Kier alpha value is 1.81. The molecule has 0 radical (unpaired) electrons. The van der Waals surface area contributed by atoms with Gasteiger partial charge in [0.2, 0.25) is 0 Å². The summed E-state index contributed by atoms with van der Waals surface area (Å²) in [5.41, 5.74) is 0. The van der Waals surface area contributed by atoms with Crippen molar-refractivity contribution in [1.82, 2.24) is 0 Å². The number of rotatable bonds is 3. The van der Waals surface area contributed by atoms with Gasteiger partial charge in [-0.05, 0) is 83.1 Å². The van der Waals surface area contributed by atoms with Gasteiger partial charge >= 0.3 is 27.7 Å². The fourth-order valence-corrected chi connectivity index (χ4v) is 13.5. The molecular formula is C19H45ClP2Pd+2. The summed E-state index contributed by atoms with van der Waals surface area (Å²) in [6, 6.07) is 0. The Morgan fingerprint density at radius 1 is 0.522 bits per heavy atom. The van der Waals surface area contributed by atoms with Crippen molar-refractivity contribution in [3.63, 3.8) is 0 Å². The van der Waals surface area contributed by atoms with E-state index in [1.165, 1.54) is 12.3 Å². The molecule has 0 bridgehead atoms. The molecule has 0 N–H and O–H groups in total. The second kappa shape index (κ2) is 10.8. The summed E-state index contributed by atoms with van der Waals surface area (Å²) < 4.78 is 0. The number of hydrogen-bond donors (Lipinski definition) is 0. The molecule has 0 atom stereocenters. The summed E-state index contributed by atoms with van der Waals surface area (Å²) in [5.74, 6) is 0. The van der Waals surface area contributed by atoms with Crippen LogP contribution in [0.2, 0.25) is 0 Å². The van der Waals surface area contributed by atoms with Gasteiger partial charge in [0.1, 0.15) is 0 Å². The third-order valence-electron chi connectivity index (χ3n) is 4.25. The van der Waals surface area contributed by atoms with Crippen LogP contribution in [0.5, 0.6) is 0 Å². The molecule has 4 heteroatoms. The zero-order valence-electron chi connectivity index (χ0n) is 18.1. The van der Waals surface area contributed by atoms with Crippen LogP contribution < -0.4 is 0 Å². The first-order valence-corrected chi connectivity index (χ1v) is 13.7. The Kier molecular flexibility index (Phi) is 13.9. The molecule has 146 valence electrons. The average Bonchev–Trinajstić information content (AvgIpc) is 2.19. The Morgan fingerprint density at radius 2 is 0.652 bits per heavy atom. The van der Waals surface area contributed by atoms with E-state index in [4.69, 9.17) is 0 Å². The predicted molar refractivity (Wildman–Crippen MR) is 118 cm³/mol. The van der Waals surface area contributed by atoms with E-state index in [9.17, 15) is 0 Å². The first-order chi connectivity index (χ1) is 9.47. The van der Waals surface area contributed by atoms with Crippen LogP contribution in [-0.2, 0) is 18.2 Å². The van der Waals surface area contributed by atoms with E-state index in [-0.39, 0.29) is 23.3 Å². The normalized spacial score (nSPS) is 13.6. The van der Waals surface area contributed by atoms with Crippen LogP contribution in [0, 0.1) is 7.43 Å². The van der Waals surface area contributed by atoms with Crippen LogP contribution in [-0.4, -0.2) is 32.9 Å². The summed E-state index contributed by atoms with van der Waals surface area (Å²) in [4.78, 5) is 0. The molecule has 0 heterocycles. The topological polar surface area (TPSA) is 0 Å². The summed E-state index contributed by atoms with van der Waals surface area (Å²) >= 11 is 2.22. The summed E-state index contributed by atoms with van der Waals surface area (Å²) in [5, 5.41) is 2.02. The van der Waals surface area contributed by atoms with Gasteiger partial charge in [-0.25, -0.2) is 0 Å². The Balaban J connectivity index is -0.00000128. The minimum atomic E-state index is -0.364. The van der Waals surface area contributed by atoms with Crippen molar-refractivity contribution in [3.05, 3.63) is 7.43 Å². The van der Waals surface area contributed by atoms with E-state index < -0.39 is 0 Å². The molecule has 0 aliphatic carbocycles. The number of halogens is 1. The second-order valence-corrected chi connectivity index (χ2v) is 19.4. The van der Waals surface area contributed by atoms with Crippen molar-refractivity contribution in [1.29, 1.82) is 0 Å². The zero-order chi connectivity index (χ0) is 18.6. The molecule has 0 unspecified atom stereocenters. The molecule has 23 heavy (non-hydrogen) atoms. The van der Waals surface area contributed by atoms with Crippen molar-refractivity contribution in [2.24, 2.45) is 0 Å². The second-order valence-electron chi connectivity index (χ2n) is 10.5. The van der Waals surface area contributed by atoms with Gasteiger partial charge in [0.05, 0.1) is 32.9 Å². The fourth-order valence-electron chi connectivity index (χ4n) is 4.00. The van der Waals surface area contributed by atoms with Gasteiger partial charge in [-0.2, -0.15) is 0 Å². The zero-order valence-corrected chi connectivity index (χ0v) is 22.4. The fraction of sp³-hybridized carbons (Fsp3) is 0.947. The van der Waals surface area contributed by atoms with Crippen molar-refractivity contribution in [2.45, 2.75) is 104 Å². The van der Waals surface area contributed by atoms with Crippen LogP contribution in [0.15, 0.2) is 0 Å². The van der Waals surface area contributed by atoms with Crippen LogP contribution in [0.4, 0.5) is 0 Å². The molecule has 0 saturated carbocycles. The Labute approximate surface area is 166 Å². The van der Waals surface area contributed by atoms with E-state index in [2.05, 4.69) is 111 Å². The van der Waals surface area contributed by atoms with Crippen molar-refractivity contribution in [2.75, 3.05) is 12.3 Å². The Morgan fingerprint density at radius 3 is 0.739 bits per heavy atom. The molecule has 0 spiro atoms. The molecule has 0 aromatic rings. The standard InChI is InChI=1S/C18H40P2.CH3.ClH.Pd/c1-15(2,3)19(16(4,5)6)13-14-20(17(7,8)9)18(10,11)12;;;/h13-14H2,1-12H3;1H3;1H;/q;-1;;+2/p+1. The van der Waals surface area contributed by atoms with Gasteiger partial charge in [-0.15, -0.1) is 0 Å².